The summed E-state index contributed by atoms with van der Waals surface area (Å²) in [6.45, 7) is 0.507. The molecule has 0 heterocycles. The van der Waals surface area contributed by atoms with Crippen molar-refractivity contribution in [2.75, 3.05) is 12.4 Å². The van der Waals surface area contributed by atoms with Gasteiger partial charge < -0.3 is 16.4 Å². The summed E-state index contributed by atoms with van der Waals surface area (Å²) in [5, 5.41) is 5.66. The van der Waals surface area contributed by atoms with Crippen molar-refractivity contribution in [1.29, 1.82) is 0 Å². The number of nitrogens with two attached hydrogens (primary N) is 1. The lowest BCUT2D eigenvalue weighted by Crippen LogP contribution is -2.43. The van der Waals surface area contributed by atoms with E-state index in [0.29, 0.717) is 18.5 Å². The standard InChI is InChI=1S/C12H15ClN2O.C9H11N/c13-5-6-14-12(16)15-11-7-9-3-1-2-4-10(9)8-11;10-9-5-7-3-1-2-4-8(7)6-9/h1-4,11H,5-8H2,(H2,14,15,16);1-4,9H,5-6,10H2. The number of hydrogen-bond acceptors (Lipinski definition) is 2. The molecule has 0 saturated heterocycles. The van der Waals surface area contributed by atoms with Crippen molar-refractivity contribution >= 4 is 17.6 Å². The number of amides is 2. The molecule has 2 aromatic carbocycles. The number of benzene rings is 2. The monoisotopic (exact) mass is 371 g/mol. The summed E-state index contributed by atoms with van der Waals surface area (Å²) in [4.78, 5) is 11.4. The van der Waals surface area contributed by atoms with Gasteiger partial charge in [0, 0.05) is 24.5 Å². The van der Waals surface area contributed by atoms with Gasteiger partial charge in [0.05, 0.1) is 0 Å². The number of nitrogens with one attached hydrogen (secondary N) is 2. The van der Waals surface area contributed by atoms with Gasteiger partial charge in [0.15, 0.2) is 0 Å². The third-order valence-corrected chi connectivity index (χ3v) is 5.04. The molecule has 0 spiro atoms. The molecule has 0 aromatic heterocycles. The average molecular weight is 372 g/mol. The largest absolute Gasteiger partial charge is 0.337 e. The summed E-state index contributed by atoms with van der Waals surface area (Å²) in [5.41, 5.74) is 11.3. The Morgan fingerprint density at radius 3 is 1.85 bits per heavy atom. The molecule has 2 aromatic rings. The van der Waals surface area contributed by atoms with Crippen LogP contribution in [0.4, 0.5) is 4.79 Å². The number of hydrogen-bond donors (Lipinski definition) is 3. The second-order valence-corrected chi connectivity index (χ2v) is 7.28. The number of alkyl halides is 1. The number of fused-ring (bicyclic) bond motifs is 2. The Hall–Kier alpha value is -2.04. The first-order valence-corrected chi connectivity index (χ1v) is 9.68. The van der Waals surface area contributed by atoms with E-state index in [1.807, 2.05) is 12.1 Å². The van der Waals surface area contributed by atoms with Crippen LogP contribution in [0.15, 0.2) is 48.5 Å². The third kappa shape index (κ3) is 4.99. The molecule has 4 nitrogen and oxygen atoms in total. The lowest BCUT2D eigenvalue weighted by molar-refractivity contribution is 0.238. The van der Waals surface area contributed by atoms with Crippen molar-refractivity contribution in [3.8, 4) is 0 Å². The number of rotatable bonds is 3. The van der Waals surface area contributed by atoms with Crippen LogP contribution in [0, 0.1) is 0 Å². The summed E-state index contributed by atoms with van der Waals surface area (Å²) < 4.78 is 0. The maximum Gasteiger partial charge on any atom is 0.315 e. The second kappa shape index (κ2) is 9.06. The Labute approximate surface area is 160 Å². The maximum atomic E-state index is 11.4. The smallest absolute Gasteiger partial charge is 0.315 e. The Kier molecular flexibility index (Phi) is 6.53. The van der Waals surface area contributed by atoms with E-state index in [0.717, 1.165) is 25.7 Å². The lowest BCUT2D eigenvalue weighted by atomic mass is 10.1. The first kappa shape index (κ1) is 18.7. The van der Waals surface area contributed by atoms with Gasteiger partial charge in [-0.3, -0.25) is 0 Å². The highest BCUT2D eigenvalue weighted by molar-refractivity contribution is 6.18. The molecule has 0 unspecified atom stereocenters. The van der Waals surface area contributed by atoms with Gasteiger partial charge in [-0.1, -0.05) is 48.5 Å². The molecule has 4 N–H and O–H groups in total. The molecule has 0 radical (unpaired) electrons. The number of urea groups is 1. The zero-order valence-electron chi connectivity index (χ0n) is 14.9. The molecule has 138 valence electrons. The van der Waals surface area contributed by atoms with Crippen molar-refractivity contribution in [2.24, 2.45) is 5.73 Å². The molecule has 0 aliphatic heterocycles. The molecular weight excluding hydrogens is 346 g/mol. The van der Waals surface area contributed by atoms with E-state index >= 15 is 0 Å². The van der Waals surface area contributed by atoms with Crippen molar-refractivity contribution in [2.45, 2.75) is 37.8 Å². The van der Waals surface area contributed by atoms with E-state index in [9.17, 15) is 4.79 Å². The molecule has 0 fully saturated rings. The quantitative estimate of drug-likeness (QED) is 0.726. The highest BCUT2D eigenvalue weighted by Crippen LogP contribution is 2.21. The van der Waals surface area contributed by atoms with E-state index in [-0.39, 0.29) is 12.1 Å². The molecule has 0 saturated carbocycles. The Balaban J connectivity index is 0.000000167. The van der Waals surface area contributed by atoms with Crippen LogP contribution in [-0.4, -0.2) is 30.5 Å². The van der Waals surface area contributed by atoms with E-state index in [2.05, 4.69) is 47.0 Å². The fourth-order valence-electron chi connectivity index (χ4n) is 3.65. The molecule has 2 aliphatic rings. The predicted octanol–water partition coefficient (Wildman–Crippen LogP) is 2.80. The van der Waals surface area contributed by atoms with Gasteiger partial charge >= 0.3 is 6.03 Å². The topological polar surface area (TPSA) is 67.2 Å². The van der Waals surface area contributed by atoms with Gasteiger partial charge in [-0.2, -0.15) is 0 Å². The van der Waals surface area contributed by atoms with Crippen LogP contribution in [-0.2, 0) is 25.7 Å². The summed E-state index contributed by atoms with van der Waals surface area (Å²) in [6, 6.07) is 17.3. The molecule has 5 heteroatoms. The van der Waals surface area contributed by atoms with Gasteiger partial charge in [-0.25, -0.2) is 4.79 Å². The van der Waals surface area contributed by atoms with Crippen molar-refractivity contribution in [3.05, 3.63) is 70.8 Å². The predicted molar refractivity (Wildman–Crippen MR) is 107 cm³/mol. The normalized spacial score (nSPS) is 15.6. The fraction of sp³-hybridized carbons (Fsp3) is 0.381. The van der Waals surface area contributed by atoms with Gasteiger partial charge in [0.25, 0.3) is 0 Å². The van der Waals surface area contributed by atoms with Crippen LogP contribution >= 0.6 is 11.6 Å². The molecule has 4 rings (SSSR count). The van der Waals surface area contributed by atoms with Gasteiger partial charge in [-0.05, 0) is 47.9 Å². The fourth-order valence-corrected chi connectivity index (χ4v) is 3.75. The Bertz CT molecular complexity index is 700. The summed E-state index contributed by atoms with van der Waals surface area (Å²) in [7, 11) is 0. The van der Waals surface area contributed by atoms with Crippen molar-refractivity contribution in [3.63, 3.8) is 0 Å². The van der Waals surface area contributed by atoms with E-state index < -0.39 is 0 Å². The van der Waals surface area contributed by atoms with Crippen LogP contribution in [0.5, 0.6) is 0 Å². The van der Waals surface area contributed by atoms with Crippen LogP contribution in [0.1, 0.15) is 22.3 Å². The zero-order valence-corrected chi connectivity index (χ0v) is 15.6. The van der Waals surface area contributed by atoms with Crippen LogP contribution in [0.2, 0.25) is 0 Å². The Morgan fingerprint density at radius 2 is 1.38 bits per heavy atom. The lowest BCUT2D eigenvalue weighted by Gasteiger charge is -2.12. The molecule has 0 bridgehead atoms. The molecule has 26 heavy (non-hydrogen) atoms. The summed E-state index contributed by atoms with van der Waals surface area (Å²) in [6.07, 6.45) is 3.97. The highest BCUT2D eigenvalue weighted by Gasteiger charge is 2.22. The SMILES string of the molecule is NC1Cc2ccccc2C1.O=C(NCCCl)NC1Cc2ccccc2C1. The van der Waals surface area contributed by atoms with E-state index in [4.69, 9.17) is 17.3 Å². The minimum Gasteiger partial charge on any atom is -0.337 e. The average Bonchev–Trinajstić information content (AvgIpc) is 3.21. The maximum absolute atomic E-state index is 11.4. The minimum absolute atomic E-state index is 0.126. The highest BCUT2D eigenvalue weighted by atomic mass is 35.5. The second-order valence-electron chi connectivity index (χ2n) is 6.90. The van der Waals surface area contributed by atoms with Gasteiger partial charge in [-0.15, -0.1) is 11.6 Å². The molecule has 0 atom stereocenters. The number of halogens is 1. The third-order valence-electron chi connectivity index (χ3n) is 4.85. The summed E-state index contributed by atoms with van der Waals surface area (Å²) >= 11 is 5.49. The van der Waals surface area contributed by atoms with Gasteiger partial charge in [0.1, 0.15) is 0 Å². The first-order chi connectivity index (χ1) is 12.7. The van der Waals surface area contributed by atoms with E-state index in [1.54, 1.807) is 0 Å². The Morgan fingerprint density at radius 1 is 0.923 bits per heavy atom. The molecular formula is C21H26ClN3O. The number of carbonyl (C=O) groups is 1. The van der Waals surface area contributed by atoms with Gasteiger partial charge in [0.2, 0.25) is 0 Å². The number of carbonyl (C=O) groups excluding carboxylic acids is 1. The van der Waals surface area contributed by atoms with Crippen LogP contribution in [0.3, 0.4) is 0 Å². The summed E-state index contributed by atoms with van der Waals surface area (Å²) in [5.74, 6) is 0.443. The first-order valence-electron chi connectivity index (χ1n) is 9.15. The molecule has 2 aliphatic carbocycles. The van der Waals surface area contributed by atoms with Crippen molar-refractivity contribution < 1.29 is 4.79 Å². The minimum atomic E-state index is -0.126. The zero-order chi connectivity index (χ0) is 18.4. The van der Waals surface area contributed by atoms with Crippen LogP contribution < -0.4 is 16.4 Å². The van der Waals surface area contributed by atoms with E-state index in [1.165, 1.54) is 22.3 Å². The van der Waals surface area contributed by atoms with Crippen LogP contribution in [0.25, 0.3) is 0 Å². The van der Waals surface area contributed by atoms with Crippen molar-refractivity contribution in [1.82, 2.24) is 10.6 Å². The molecule has 2 amide bonds.